The zero-order valence-corrected chi connectivity index (χ0v) is 9.13. The fourth-order valence-corrected chi connectivity index (χ4v) is 1.75. The van der Waals surface area contributed by atoms with Gasteiger partial charge in [0.05, 0.1) is 13.2 Å². The zero-order valence-electron chi connectivity index (χ0n) is 9.13. The molecule has 1 aromatic carbocycles. The second kappa shape index (κ2) is 4.57. The lowest BCUT2D eigenvalue weighted by Gasteiger charge is -2.25. The largest absolute Gasteiger partial charge is 0.488 e. The molecule has 0 aromatic heterocycles. The number of methoxy groups -OCH3 is 1. The van der Waals surface area contributed by atoms with Gasteiger partial charge >= 0.3 is 6.09 Å². The number of benzene rings is 1. The van der Waals surface area contributed by atoms with E-state index in [1.54, 1.807) is 0 Å². The van der Waals surface area contributed by atoms with Crippen molar-refractivity contribution in [2.24, 2.45) is 0 Å². The third kappa shape index (κ3) is 2.46. The summed E-state index contributed by atoms with van der Waals surface area (Å²) in [5, 5.41) is 2.52. The quantitative estimate of drug-likeness (QED) is 0.815. The minimum atomic E-state index is -0.725. The minimum Gasteiger partial charge on any atom is -0.488 e. The number of ether oxygens (including phenoxy) is 2. The molecular weight excluding hydrogens is 232 g/mol. The first-order valence-electron chi connectivity index (χ1n) is 5.05. The van der Waals surface area contributed by atoms with Crippen LogP contribution in [0.2, 0.25) is 0 Å². The number of carbonyl (C=O) groups excluding carboxylic acids is 1. The lowest BCUT2D eigenvalue weighted by molar-refractivity contribution is 0.155. The van der Waals surface area contributed by atoms with Crippen LogP contribution >= 0.6 is 0 Å². The number of fused-ring (bicyclic) bond motifs is 1. The molecule has 2 rings (SSSR count). The molecule has 1 aliphatic heterocycles. The maximum absolute atomic E-state index is 13.3. The van der Waals surface area contributed by atoms with E-state index < -0.39 is 17.7 Å². The third-order valence-corrected chi connectivity index (χ3v) is 2.49. The van der Waals surface area contributed by atoms with E-state index in [1.165, 1.54) is 13.2 Å². The highest BCUT2D eigenvalue weighted by atomic mass is 19.1. The lowest BCUT2D eigenvalue weighted by Crippen LogP contribution is -2.42. The van der Waals surface area contributed by atoms with Crippen LogP contribution in [0.25, 0.3) is 0 Å². The van der Waals surface area contributed by atoms with Gasteiger partial charge in [0.2, 0.25) is 0 Å². The molecule has 4 nitrogen and oxygen atoms in total. The Bertz CT molecular complexity index is 451. The fraction of sp³-hybridized carbons (Fsp3) is 0.364. The Morgan fingerprint density at radius 3 is 3.00 bits per heavy atom. The summed E-state index contributed by atoms with van der Waals surface area (Å²) in [4.78, 5) is 11.0. The fourth-order valence-electron chi connectivity index (χ4n) is 1.75. The van der Waals surface area contributed by atoms with E-state index in [0.29, 0.717) is 12.0 Å². The normalized spacial score (nSPS) is 17.9. The van der Waals surface area contributed by atoms with Crippen molar-refractivity contribution in [2.45, 2.75) is 12.5 Å². The molecule has 1 atom stereocenters. The summed E-state index contributed by atoms with van der Waals surface area (Å²) in [7, 11) is 1.24. The number of rotatable bonds is 1. The van der Waals surface area contributed by atoms with E-state index in [1.807, 2.05) is 0 Å². The van der Waals surface area contributed by atoms with Gasteiger partial charge in [-0.1, -0.05) is 0 Å². The molecule has 92 valence electrons. The van der Waals surface area contributed by atoms with Gasteiger partial charge in [-0.2, -0.15) is 0 Å². The van der Waals surface area contributed by atoms with E-state index in [2.05, 4.69) is 10.1 Å². The van der Waals surface area contributed by atoms with E-state index >= 15 is 0 Å². The van der Waals surface area contributed by atoms with Crippen LogP contribution in [0.15, 0.2) is 12.1 Å². The first kappa shape index (κ1) is 11.6. The molecule has 0 bridgehead atoms. The molecule has 6 heteroatoms. The van der Waals surface area contributed by atoms with Crippen LogP contribution < -0.4 is 10.1 Å². The monoisotopic (exact) mass is 243 g/mol. The molecule has 0 radical (unpaired) electrons. The van der Waals surface area contributed by atoms with Crippen molar-refractivity contribution in [1.82, 2.24) is 5.32 Å². The molecule has 0 saturated heterocycles. The highest BCUT2D eigenvalue weighted by molar-refractivity contribution is 5.67. The van der Waals surface area contributed by atoms with Gasteiger partial charge in [0, 0.05) is 11.6 Å². The van der Waals surface area contributed by atoms with Gasteiger partial charge in [0.15, 0.2) is 11.6 Å². The van der Waals surface area contributed by atoms with E-state index in [9.17, 15) is 13.6 Å². The van der Waals surface area contributed by atoms with Crippen molar-refractivity contribution in [1.29, 1.82) is 0 Å². The second-order valence-corrected chi connectivity index (χ2v) is 3.72. The summed E-state index contributed by atoms with van der Waals surface area (Å²) in [6, 6.07) is 1.62. The molecule has 0 unspecified atom stereocenters. The van der Waals surface area contributed by atoms with Gasteiger partial charge in [-0.3, -0.25) is 0 Å². The van der Waals surface area contributed by atoms with Crippen LogP contribution in [0, 0.1) is 11.6 Å². The number of alkyl carbamates (subject to hydrolysis) is 1. The Balaban J connectivity index is 2.15. The summed E-state index contributed by atoms with van der Waals surface area (Å²) in [6.07, 6.45) is -0.294. The van der Waals surface area contributed by atoms with Gasteiger partial charge in [-0.25, -0.2) is 13.6 Å². The van der Waals surface area contributed by atoms with Crippen LogP contribution in [0.1, 0.15) is 5.56 Å². The number of hydrogen-bond acceptors (Lipinski definition) is 3. The number of nitrogens with one attached hydrogen (secondary N) is 1. The summed E-state index contributed by atoms with van der Waals surface area (Å²) < 4.78 is 35.9. The predicted molar refractivity (Wildman–Crippen MR) is 54.9 cm³/mol. The van der Waals surface area contributed by atoms with Gasteiger partial charge in [-0.15, -0.1) is 0 Å². The minimum absolute atomic E-state index is 0.0503. The van der Waals surface area contributed by atoms with Gasteiger partial charge in [-0.05, 0) is 12.5 Å². The van der Waals surface area contributed by atoms with Crippen molar-refractivity contribution < 1.29 is 23.0 Å². The molecule has 17 heavy (non-hydrogen) atoms. The summed E-state index contributed by atoms with van der Waals surface area (Å²) in [6.45, 7) is 0.130. The Labute approximate surface area is 96.5 Å². The van der Waals surface area contributed by atoms with Crippen LogP contribution in [0.4, 0.5) is 13.6 Å². The maximum Gasteiger partial charge on any atom is 0.407 e. The molecule has 0 spiro atoms. The van der Waals surface area contributed by atoms with Crippen molar-refractivity contribution in [2.75, 3.05) is 13.7 Å². The van der Waals surface area contributed by atoms with Crippen molar-refractivity contribution in [3.05, 3.63) is 29.3 Å². The first-order valence-corrected chi connectivity index (χ1v) is 5.05. The van der Waals surface area contributed by atoms with E-state index in [0.717, 1.165) is 6.07 Å². The molecule has 0 fully saturated rings. The summed E-state index contributed by atoms with van der Waals surface area (Å²) in [5.41, 5.74) is 0.398. The maximum atomic E-state index is 13.3. The highest BCUT2D eigenvalue weighted by Crippen LogP contribution is 2.28. The smallest absolute Gasteiger partial charge is 0.407 e. The van der Waals surface area contributed by atoms with Gasteiger partial charge in [0.25, 0.3) is 0 Å². The Morgan fingerprint density at radius 1 is 1.53 bits per heavy atom. The Kier molecular flexibility index (Phi) is 3.12. The van der Waals surface area contributed by atoms with Crippen LogP contribution in [-0.4, -0.2) is 25.9 Å². The van der Waals surface area contributed by atoms with Crippen LogP contribution in [0.5, 0.6) is 5.75 Å². The highest BCUT2D eigenvalue weighted by Gasteiger charge is 2.24. The van der Waals surface area contributed by atoms with Crippen LogP contribution in [0.3, 0.4) is 0 Å². The lowest BCUT2D eigenvalue weighted by atomic mass is 10.0. The summed E-state index contributed by atoms with van der Waals surface area (Å²) in [5.74, 6) is -1.34. The first-order chi connectivity index (χ1) is 8.10. The average Bonchev–Trinajstić information content (AvgIpc) is 2.28. The second-order valence-electron chi connectivity index (χ2n) is 3.72. The van der Waals surface area contributed by atoms with Gasteiger partial charge in [0.1, 0.15) is 12.4 Å². The Morgan fingerprint density at radius 2 is 2.29 bits per heavy atom. The molecule has 1 aromatic rings. The molecule has 0 saturated carbocycles. The molecular formula is C11H11F2NO3. The number of carbonyl (C=O) groups is 1. The van der Waals surface area contributed by atoms with Crippen LogP contribution in [-0.2, 0) is 11.2 Å². The number of amides is 1. The molecule has 1 aliphatic rings. The zero-order chi connectivity index (χ0) is 12.4. The molecule has 1 N–H and O–H groups in total. The predicted octanol–water partition coefficient (Wildman–Crippen LogP) is 1.62. The number of halogens is 2. The van der Waals surface area contributed by atoms with E-state index in [4.69, 9.17) is 4.74 Å². The SMILES string of the molecule is COC(=O)N[C@@H]1COc2c(F)cc(F)cc2C1. The standard InChI is InChI=1S/C11H11F2NO3/c1-16-11(15)14-8-3-6-2-7(12)4-9(13)10(6)17-5-8/h2,4,8H,3,5H2,1H3,(H,14,15)/t8-/m0/s1. The molecule has 0 aliphatic carbocycles. The third-order valence-electron chi connectivity index (χ3n) is 2.49. The Hall–Kier alpha value is -1.85. The van der Waals surface area contributed by atoms with Crippen molar-refractivity contribution >= 4 is 6.09 Å². The van der Waals surface area contributed by atoms with Gasteiger partial charge < -0.3 is 14.8 Å². The van der Waals surface area contributed by atoms with Crippen molar-refractivity contribution in [3.63, 3.8) is 0 Å². The molecule has 1 heterocycles. The number of hydrogen-bond donors (Lipinski definition) is 1. The topological polar surface area (TPSA) is 47.6 Å². The van der Waals surface area contributed by atoms with Crippen molar-refractivity contribution in [3.8, 4) is 5.75 Å². The summed E-state index contributed by atoms with van der Waals surface area (Å²) >= 11 is 0. The molecule has 1 amide bonds. The van der Waals surface area contributed by atoms with E-state index in [-0.39, 0.29) is 18.4 Å². The average molecular weight is 243 g/mol.